The van der Waals surface area contributed by atoms with Crippen LogP contribution in [0.3, 0.4) is 0 Å². The van der Waals surface area contributed by atoms with Crippen molar-refractivity contribution in [2.45, 2.75) is 45.0 Å². The van der Waals surface area contributed by atoms with Crippen LogP contribution >= 0.6 is 0 Å². The van der Waals surface area contributed by atoms with Crippen LogP contribution in [-0.2, 0) is 33.4 Å². The van der Waals surface area contributed by atoms with Gasteiger partial charge in [-0.15, -0.1) is 0 Å². The number of imide groups is 2. The average molecular weight is 621 g/mol. The number of amides is 4. The normalized spacial score (nSPS) is 25.2. The number of hydrogen-bond acceptors (Lipinski definition) is 7. The third kappa shape index (κ3) is 5.91. The van der Waals surface area contributed by atoms with Gasteiger partial charge in [0.15, 0.2) is 6.29 Å². The molecule has 46 heavy (non-hydrogen) atoms. The fraction of sp³-hybridized carbons (Fsp3) is 0.297. The van der Waals surface area contributed by atoms with Gasteiger partial charge in [0.2, 0.25) is 11.8 Å². The topological polar surface area (TPSA) is 102 Å². The minimum absolute atomic E-state index is 0.0882. The van der Waals surface area contributed by atoms with Crippen LogP contribution in [0.15, 0.2) is 114 Å². The number of anilines is 2. The minimum atomic E-state index is -0.558. The first-order chi connectivity index (χ1) is 22.4. The van der Waals surface area contributed by atoms with Crippen LogP contribution < -0.4 is 9.80 Å². The van der Waals surface area contributed by atoms with E-state index in [0.717, 1.165) is 16.0 Å². The van der Waals surface area contributed by atoms with Gasteiger partial charge in [0.25, 0.3) is 11.8 Å². The summed E-state index contributed by atoms with van der Waals surface area (Å²) in [5, 5.41) is 0. The molecular formula is C37H36N2O7. The molecule has 0 aromatic heterocycles. The Kier molecular flexibility index (Phi) is 9.23. The molecule has 9 heteroatoms. The number of carbonyl (C=O) groups is 4. The third-order valence-electron chi connectivity index (χ3n) is 8.63. The van der Waals surface area contributed by atoms with E-state index in [-0.39, 0.29) is 35.7 Å². The zero-order chi connectivity index (χ0) is 32.2. The van der Waals surface area contributed by atoms with Crippen LogP contribution in [0.4, 0.5) is 11.4 Å². The van der Waals surface area contributed by atoms with E-state index in [2.05, 4.69) is 12.1 Å². The summed E-state index contributed by atoms with van der Waals surface area (Å²) in [6.45, 7) is 4.89. The molecule has 9 nitrogen and oxygen atoms in total. The van der Waals surface area contributed by atoms with Crippen LogP contribution in [0.5, 0.6) is 0 Å². The number of nitrogens with zero attached hydrogens (tertiary/aromatic N) is 2. The van der Waals surface area contributed by atoms with E-state index in [0.29, 0.717) is 43.2 Å². The molecule has 3 aromatic rings. The second kappa shape index (κ2) is 13.6. The van der Waals surface area contributed by atoms with Gasteiger partial charge in [-0.25, -0.2) is 9.80 Å². The summed E-state index contributed by atoms with van der Waals surface area (Å²) in [6.07, 6.45) is 2.76. The number of ether oxygens (including phenoxy) is 3. The van der Waals surface area contributed by atoms with E-state index >= 15 is 0 Å². The number of rotatable bonds is 7. The molecule has 0 spiro atoms. The van der Waals surface area contributed by atoms with E-state index in [4.69, 9.17) is 14.2 Å². The molecule has 7 rings (SSSR count). The van der Waals surface area contributed by atoms with Gasteiger partial charge in [0.1, 0.15) is 11.9 Å². The zero-order valence-corrected chi connectivity index (χ0v) is 25.8. The lowest BCUT2D eigenvalue weighted by molar-refractivity contribution is -0.153. The fourth-order valence-electron chi connectivity index (χ4n) is 6.73. The molecule has 0 N–H and O–H groups in total. The fourth-order valence-corrected chi connectivity index (χ4v) is 6.73. The van der Waals surface area contributed by atoms with Crippen molar-refractivity contribution < 1.29 is 33.4 Å². The molecule has 0 radical (unpaired) electrons. The number of benzene rings is 3. The highest BCUT2D eigenvalue weighted by molar-refractivity contribution is 6.28. The lowest BCUT2D eigenvalue weighted by atomic mass is 9.69. The van der Waals surface area contributed by atoms with Gasteiger partial charge in [-0.1, -0.05) is 66.7 Å². The quantitative estimate of drug-likeness (QED) is 0.320. The Labute approximate surface area is 268 Å². The third-order valence-corrected chi connectivity index (χ3v) is 8.63. The monoisotopic (exact) mass is 620 g/mol. The Morgan fingerprint density at radius 1 is 0.674 bits per heavy atom. The molecule has 4 aliphatic rings. The molecule has 5 atom stereocenters. The van der Waals surface area contributed by atoms with Gasteiger partial charge >= 0.3 is 0 Å². The van der Waals surface area contributed by atoms with E-state index in [1.807, 2.05) is 56.3 Å². The molecular weight excluding hydrogens is 584 g/mol. The second-order valence-electron chi connectivity index (χ2n) is 11.3. The van der Waals surface area contributed by atoms with E-state index in [1.165, 1.54) is 17.1 Å². The highest BCUT2D eigenvalue weighted by Gasteiger charge is 2.57. The number of para-hydroxylation sites is 2. The first-order valence-corrected chi connectivity index (χ1v) is 15.7. The average Bonchev–Trinajstić information content (AvgIpc) is 3.55. The molecule has 3 aromatic carbocycles. The van der Waals surface area contributed by atoms with Crippen LogP contribution in [0.2, 0.25) is 0 Å². The van der Waals surface area contributed by atoms with Gasteiger partial charge in [-0.2, -0.15) is 0 Å². The number of fused-ring (bicyclic) bond motifs is 2. The molecule has 1 saturated heterocycles. The summed E-state index contributed by atoms with van der Waals surface area (Å²) in [5.74, 6) is -1.34. The van der Waals surface area contributed by atoms with E-state index < -0.39 is 18.1 Å². The zero-order valence-electron chi connectivity index (χ0n) is 25.8. The molecule has 3 heterocycles. The van der Waals surface area contributed by atoms with Crippen molar-refractivity contribution in [3.63, 3.8) is 0 Å². The van der Waals surface area contributed by atoms with Gasteiger partial charge in [0, 0.05) is 37.7 Å². The maximum atomic E-state index is 13.8. The first-order valence-electron chi connectivity index (χ1n) is 15.7. The van der Waals surface area contributed by atoms with E-state index in [9.17, 15) is 19.2 Å². The number of hydrogen-bond donors (Lipinski definition) is 0. The largest absolute Gasteiger partial charge is 0.466 e. The van der Waals surface area contributed by atoms with Crippen LogP contribution in [0, 0.1) is 11.8 Å². The highest BCUT2D eigenvalue weighted by Crippen LogP contribution is 2.52. The Morgan fingerprint density at radius 2 is 1.22 bits per heavy atom. The van der Waals surface area contributed by atoms with Gasteiger partial charge < -0.3 is 14.2 Å². The maximum Gasteiger partial charge on any atom is 0.258 e. The molecule has 0 unspecified atom stereocenters. The Hall–Kier alpha value is -4.86. The van der Waals surface area contributed by atoms with Gasteiger partial charge in [0.05, 0.1) is 23.2 Å². The standard InChI is InChI=1S/C27H29NO5.C10H7NO2/c1-3-31-21-15-20-24(27(30)28(26(20)29)18-13-9-6-10-14-18)23-19(17-11-7-5-8-12-17)16-22(32-4-2)33-25(21)23;12-9-6-7-10(13)11(9)8-4-2-1-3-5-8/h5-14,19-22,24H,3-4,15-16H2,1-2H3;1-7H/t19-,20+,21-,22-,24+;/m1./s1. The van der Waals surface area contributed by atoms with Crippen molar-refractivity contribution in [2.75, 3.05) is 23.0 Å². The molecule has 1 fully saturated rings. The van der Waals surface area contributed by atoms with Gasteiger partial charge in [-0.3, -0.25) is 19.2 Å². The van der Waals surface area contributed by atoms with Crippen molar-refractivity contribution in [3.05, 3.63) is 120 Å². The maximum absolute atomic E-state index is 13.8. The van der Waals surface area contributed by atoms with Crippen molar-refractivity contribution in [1.29, 1.82) is 0 Å². The van der Waals surface area contributed by atoms with Gasteiger partial charge in [-0.05, 0) is 55.7 Å². The molecule has 236 valence electrons. The Balaban J connectivity index is 0.000000238. The Morgan fingerprint density at radius 3 is 1.78 bits per heavy atom. The van der Waals surface area contributed by atoms with Crippen LogP contribution in [0.1, 0.15) is 38.2 Å². The van der Waals surface area contributed by atoms with Crippen molar-refractivity contribution in [2.24, 2.45) is 11.8 Å². The molecule has 0 saturated carbocycles. The predicted octanol–water partition coefficient (Wildman–Crippen LogP) is 5.54. The SMILES string of the molecule is CCO[C@H]1C[C@H](c2ccccc2)C2=C(O1)[C@H](OCC)C[C@@H]1C(=O)N(c3ccccc3)C(=O)[C@H]21.O=C1C=CC(=O)N1c1ccccc1. The van der Waals surface area contributed by atoms with Crippen molar-refractivity contribution >= 4 is 35.0 Å². The lowest BCUT2D eigenvalue weighted by Gasteiger charge is -2.42. The summed E-state index contributed by atoms with van der Waals surface area (Å²) < 4.78 is 18.3. The second-order valence-corrected chi connectivity index (χ2v) is 11.3. The van der Waals surface area contributed by atoms with Crippen molar-refractivity contribution in [3.8, 4) is 0 Å². The predicted molar refractivity (Wildman–Crippen MR) is 171 cm³/mol. The smallest absolute Gasteiger partial charge is 0.258 e. The number of carbonyl (C=O) groups excluding carboxylic acids is 4. The minimum Gasteiger partial charge on any atom is -0.466 e. The molecule has 3 aliphatic heterocycles. The Bertz CT molecular complexity index is 1640. The molecule has 4 amide bonds. The summed E-state index contributed by atoms with van der Waals surface area (Å²) in [5.41, 5.74) is 3.19. The van der Waals surface area contributed by atoms with Crippen LogP contribution in [0.25, 0.3) is 0 Å². The van der Waals surface area contributed by atoms with Crippen molar-refractivity contribution in [1.82, 2.24) is 0 Å². The summed E-state index contributed by atoms with van der Waals surface area (Å²) >= 11 is 0. The lowest BCUT2D eigenvalue weighted by Crippen LogP contribution is -2.42. The van der Waals surface area contributed by atoms with E-state index in [1.54, 1.807) is 36.4 Å². The molecule has 0 bridgehead atoms. The first kappa shape index (κ1) is 31.1. The summed E-state index contributed by atoms with van der Waals surface area (Å²) in [7, 11) is 0. The summed E-state index contributed by atoms with van der Waals surface area (Å²) in [6, 6.07) is 28.1. The molecule has 1 aliphatic carbocycles. The summed E-state index contributed by atoms with van der Waals surface area (Å²) in [4.78, 5) is 52.2. The highest BCUT2D eigenvalue weighted by atomic mass is 16.7. The van der Waals surface area contributed by atoms with Crippen LogP contribution in [-0.4, -0.2) is 49.2 Å².